The van der Waals surface area contributed by atoms with E-state index in [2.05, 4.69) is 25.8 Å². The SMILES string of the molecule is CNC(=O)COc1cc2cc(Nc3nc(N4CCC(OC5CCC6(CC5)CN(c5c(F)ccc7c5CN(C5CCC(=O)NC5=O)C7=O)C6)CC4)ncc3Cl)ccc2n(C(C)C)c1=O. The minimum absolute atomic E-state index is 0.0659. The number of amides is 4. The van der Waals surface area contributed by atoms with Crippen molar-refractivity contribution >= 4 is 69.3 Å². The maximum absolute atomic E-state index is 15.5. The molecule has 63 heavy (non-hydrogen) atoms. The second-order valence-corrected chi connectivity index (χ2v) is 18.1. The van der Waals surface area contributed by atoms with Crippen molar-refractivity contribution in [1.82, 2.24) is 30.1 Å². The average Bonchev–Trinajstić information content (AvgIpc) is 3.58. The van der Waals surface area contributed by atoms with Gasteiger partial charge in [-0.1, -0.05) is 11.6 Å². The molecule has 9 rings (SSSR count). The lowest BCUT2D eigenvalue weighted by Crippen LogP contribution is -2.59. The van der Waals surface area contributed by atoms with Crippen LogP contribution in [0.25, 0.3) is 10.9 Å². The molecule has 332 valence electrons. The molecule has 3 saturated heterocycles. The van der Waals surface area contributed by atoms with Gasteiger partial charge in [0.1, 0.15) is 16.9 Å². The number of fused-ring (bicyclic) bond motifs is 2. The highest BCUT2D eigenvalue weighted by Crippen LogP contribution is 2.49. The van der Waals surface area contributed by atoms with Crippen LogP contribution in [-0.4, -0.2) is 101 Å². The lowest BCUT2D eigenvalue weighted by molar-refractivity contribution is -0.137. The Morgan fingerprint density at radius 3 is 2.46 bits per heavy atom. The molecule has 6 heterocycles. The van der Waals surface area contributed by atoms with Crippen LogP contribution in [0.1, 0.15) is 87.2 Å². The molecule has 0 bridgehead atoms. The summed E-state index contributed by atoms with van der Waals surface area (Å²) in [5, 5.41) is 9.24. The van der Waals surface area contributed by atoms with Gasteiger partial charge in [0.15, 0.2) is 18.2 Å². The van der Waals surface area contributed by atoms with Crippen LogP contribution in [0.4, 0.5) is 27.5 Å². The number of anilines is 4. The fourth-order valence-corrected chi connectivity index (χ4v) is 10.1. The number of carbonyl (C=O) groups excluding carboxylic acids is 4. The Bertz CT molecular complexity index is 2550. The fourth-order valence-electron chi connectivity index (χ4n) is 9.94. The first-order valence-corrected chi connectivity index (χ1v) is 22.1. The lowest BCUT2D eigenvalue weighted by Gasteiger charge is -2.55. The zero-order valence-electron chi connectivity index (χ0n) is 35.5. The number of pyridine rings is 1. The lowest BCUT2D eigenvalue weighted by atomic mass is 9.67. The predicted molar refractivity (Wildman–Crippen MR) is 234 cm³/mol. The van der Waals surface area contributed by atoms with Crippen LogP contribution in [-0.2, 0) is 25.7 Å². The zero-order valence-corrected chi connectivity index (χ0v) is 36.3. The quantitative estimate of drug-likeness (QED) is 0.167. The van der Waals surface area contributed by atoms with Crippen molar-refractivity contribution in [2.24, 2.45) is 5.41 Å². The molecular weight excluding hydrogens is 833 g/mol. The summed E-state index contributed by atoms with van der Waals surface area (Å²) in [6.07, 6.45) is 7.72. The van der Waals surface area contributed by atoms with Crippen molar-refractivity contribution in [2.45, 2.75) is 96.1 Å². The van der Waals surface area contributed by atoms with Crippen molar-refractivity contribution in [3.8, 4) is 5.75 Å². The van der Waals surface area contributed by atoms with E-state index in [4.69, 9.17) is 26.1 Å². The number of ether oxygens (including phenoxy) is 2. The number of imide groups is 1. The second-order valence-electron chi connectivity index (χ2n) is 17.7. The summed E-state index contributed by atoms with van der Waals surface area (Å²) >= 11 is 6.60. The summed E-state index contributed by atoms with van der Waals surface area (Å²) in [6.45, 7) is 6.54. The summed E-state index contributed by atoms with van der Waals surface area (Å²) in [7, 11) is 1.51. The largest absolute Gasteiger partial charge is 0.478 e. The monoisotopic (exact) mass is 883 g/mol. The Labute approximate surface area is 368 Å². The van der Waals surface area contributed by atoms with Crippen molar-refractivity contribution in [2.75, 3.05) is 55.0 Å². The molecule has 1 atom stereocenters. The third kappa shape index (κ3) is 8.28. The predicted octanol–water partition coefficient (Wildman–Crippen LogP) is 5.23. The Morgan fingerprint density at radius 1 is 1.00 bits per heavy atom. The van der Waals surface area contributed by atoms with Gasteiger partial charge in [0.05, 0.1) is 29.6 Å². The second kappa shape index (κ2) is 17.1. The van der Waals surface area contributed by atoms with E-state index in [0.717, 1.165) is 62.5 Å². The first-order chi connectivity index (χ1) is 30.3. The number of nitrogens with one attached hydrogen (secondary N) is 3. The minimum Gasteiger partial charge on any atom is -0.478 e. The van der Waals surface area contributed by atoms with Crippen LogP contribution < -0.4 is 36.0 Å². The molecule has 4 aromatic rings. The van der Waals surface area contributed by atoms with Gasteiger partial charge in [-0.2, -0.15) is 4.98 Å². The van der Waals surface area contributed by atoms with E-state index in [0.29, 0.717) is 52.4 Å². The zero-order chi connectivity index (χ0) is 44.2. The standard InChI is InChI=1S/C45H51ClFN9O7/c1-25(2)56-34-7-4-27(18-26(34)19-36(43(56)61)62-22-38(58)48-3)50-40-32(46)20-49-44(52-40)53-16-12-29(13-17-53)63-28-10-14-45(15-11-28)23-54(24-45)39-31-21-55(35-8-9-37(57)51-41(35)59)42(60)30(31)5-6-33(39)47/h4-7,18-20,25,28-29,35H,8-17,21-24H2,1-3H3,(H,48,58)(H,49,50,52)(H,51,57,59). The van der Waals surface area contributed by atoms with E-state index >= 15 is 4.39 Å². The van der Waals surface area contributed by atoms with Crippen LogP contribution in [0, 0.1) is 11.2 Å². The van der Waals surface area contributed by atoms with Crippen molar-refractivity contribution < 1.29 is 33.0 Å². The molecule has 1 aliphatic carbocycles. The van der Waals surface area contributed by atoms with Gasteiger partial charge in [0.25, 0.3) is 17.4 Å². The molecule has 2 aromatic heterocycles. The highest BCUT2D eigenvalue weighted by molar-refractivity contribution is 6.33. The number of benzene rings is 2. The maximum Gasteiger partial charge on any atom is 0.293 e. The highest BCUT2D eigenvalue weighted by Gasteiger charge is 2.48. The highest BCUT2D eigenvalue weighted by atomic mass is 35.5. The minimum atomic E-state index is -0.747. The maximum atomic E-state index is 15.5. The van der Waals surface area contributed by atoms with E-state index in [9.17, 15) is 24.0 Å². The number of piperidine rings is 2. The Hall–Kier alpha value is -5.81. The molecule has 0 radical (unpaired) electrons. The van der Waals surface area contributed by atoms with Gasteiger partial charge >= 0.3 is 0 Å². The van der Waals surface area contributed by atoms with Crippen molar-refractivity contribution in [3.05, 3.63) is 74.9 Å². The normalized spacial score (nSPS) is 20.3. The van der Waals surface area contributed by atoms with Crippen molar-refractivity contribution in [3.63, 3.8) is 0 Å². The third-order valence-corrected chi connectivity index (χ3v) is 13.5. The smallest absolute Gasteiger partial charge is 0.293 e. The molecule has 3 N–H and O–H groups in total. The van der Waals surface area contributed by atoms with Crippen LogP contribution in [0.15, 0.2) is 47.4 Å². The molecule has 18 heteroatoms. The topological polar surface area (TPSA) is 180 Å². The number of halogens is 2. The number of likely N-dealkylation sites (N-methyl/N-ethyl adjacent to an activating group) is 1. The van der Waals surface area contributed by atoms with Gasteiger partial charge in [-0.3, -0.25) is 29.3 Å². The molecule has 5 aliphatic rings. The number of hydrogen-bond acceptors (Lipinski definition) is 12. The summed E-state index contributed by atoms with van der Waals surface area (Å²) in [4.78, 5) is 77.8. The summed E-state index contributed by atoms with van der Waals surface area (Å²) in [5.41, 5.74) is 2.66. The Balaban J connectivity index is 0.778. The molecule has 4 aliphatic heterocycles. The van der Waals surface area contributed by atoms with E-state index in [1.807, 2.05) is 36.9 Å². The summed E-state index contributed by atoms with van der Waals surface area (Å²) < 4.78 is 29.4. The van der Waals surface area contributed by atoms with E-state index < -0.39 is 11.9 Å². The van der Waals surface area contributed by atoms with Gasteiger partial charge in [-0.25, -0.2) is 9.37 Å². The van der Waals surface area contributed by atoms with Crippen molar-refractivity contribution in [1.29, 1.82) is 0 Å². The molecule has 1 spiro atoms. The number of rotatable bonds is 11. The molecule has 4 fully saturated rings. The van der Waals surface area contributed by atoms with Gasteiger partial charge in [-0.15, -0.1) is 0 Å². The van der Waals surface area contributed by atoms with E-state index in [1.54, 1.807) is 16.8 Å². The fraction of sp³-hybridized carbons (Fsp3) is 0.489. The Morgan fingerprint density at radius 2 is 1.75 bits per heavy atom. The van der Waals surface area contributed by atoms with Crippen LogP contribution in [0.2, 0.25) is 5.02 Å². The van der Waals surface area contributed by atoms with E-state index in [-0.39, 0.29) is 84.5 Å². The number of carbonyl (C=O) groups is 4. The first-order valence-electron chi connectivity index (χ1n) is 21.7. The molecule has 1 unspecified atom stereocenters. The molecular formula is C45H51ClFN9O7. The average molecular weight is 884 g/mol. The van der Waals surface area contributed by atoms with Gasteiger partial charge in [-0.05, 0) is 95.2 Å². The molecule has 1 saturated carbocycles. The first kappa shape index (κ1) is 42.5. The number of hydrogen-bond donors (Lipinski definition) is 3. The molecule has 2 aromatic carbocycles. The van der Waals surface area contributed by atoms with Crippen LogP contribution in [0.5, 0.6) is 5.75 Å². The number of nitrogens with zero attached hydrogens (tertiary/aromatic N) is 6. The van der Waals surface area contributed by atoms with E-state index in [1.165, 1.54) is 24.1 Å². The van der Waals surface area contributed by atoms with Gasteiger partial charge in [0.2, 0.25) is 17.8 Å². The summed E-state index contributed by atoms with van der Waals surface area (Å²) in [5.74, 6) is -0.752. The molecule has 4 amide bonds. The molecule has 16 nitrogen and oxygen atoms in total. The summed E-state index contributed by atoms with van der Waals surface area (Å²) in [6, 6.07) is 9.20. The van der Waals surface area contributed by atoms with Gasteiger partial charge in [0, 0.05) is 79.8 Å². The number of aromatic nitrogens is 3. The van der Waals surface area contributed by atoms with Gasteiger partial charge < -0.3 is 39.4 Å². The van der Waals surface area contributed by atoms with Crippen LogP contribution >= 0.6 is 11.6 Å². The van der Waals surface area contributed by atoms with Crippen LogP contribution in [0.3, 0.4) is 0 Å². The Kier molecular flexibility index (Phi) is 11.5. The third-order valence-electron chi connectivity index (χ3n) is 13.3.